The van der Waals surface area contributed by atoms with Crippen molar-refractivity contribution in [1.82, 2.24) is 0 Å². The minimum absolute atomic E-state index is 0.229. The van der Waals surface area contributed by atoms with Gasteiger partial charge < -0.3 is 10.3 Å². The molecule has 0 amide bonds. The van der Waals surface area contributed by atoms with Crippen molar-refractivity contribution in [2.24, 2.45) is 11.1 Å². The number of carbonyl (C=O) groups is 1. The highest BCUT2D eigenvalue weighted by molar-refractivity contribution is 7.81. The lowest BCUT2D eigenvalue weighted by atomic mass is 9.81. The Morgan fingerprint density at radius 1 is 1.59 bits per heavy atom. The predicted octanol–water partition coefficient (Wildman–Crippen LogP) is 0.830. The van der Waals surface area contributed by atoms with E-state index in [1.54, 1.807) is 0 Å². The van der Waals surface area contributed by atoms with Gasteiger partial charge in [0.25, 0.3) is 0 Å². The summed E-state index contributed by atoms with van der Waals surface area (Å²) in [6.07, 6.45) is 3.14. The first-order valence-electron chi connectivity index (χ1n) is 5.49. The summed E-state index contributed by atoms with van der Waals surface area (Å²) >= 11 is 4.34. The highest BCUT2D eigenvalue weighted by Crippen LogP contribution is 2.49. The second-order valence-corrected chi connectivity index (χ2v) is 6.11. The fourth-order valence-electron chi connectivity index (χ4n) is 2.30. The van der Waals surface area contributed by atoms with Gasteiger partial charge in [0, 0.05) is 5.25 Å². The molecule has 6 nitrogen and oxygen atoms in total. The molecule has 2 atom stereocenters. The number of phosphoric acid groups is 1. The van der Waals surface area contributed by atoms with Crippen molar-refractivity contribution in [3.05, 3.63) is 0 Å². The van der Waals surface area contributed by atoms with Crippen LogP contribution in [0.5, 0.6) is 0 Å². The molecule has 0 unspecified atom stereocenters. The van der Waals surface area contributed by atoms with Crippen LogP contribution in [0.1, 0.15) is 32.1 Å². The molecule has 0 aromatic carbocycles. The normalized spacial score (nSPS) is 29.3. The predicted molar refractivity (Wildman–Crippen MR) is 65.5 cm³/mol. The zero-order valence-corrected chi connectivity index (χ0v) is 11.2. The molecule has 1 fully saturated rings. The van der Waals surface area contributed by atoms with Crippen molar-refractivity contribution in [3.8, 4) is 0 Å². The topological polar surface area (TPSA) is 110 Å². The van der Waals surface area contributed by atoms with E-state index < -0.39 is 19.2 Å². The SMILES string of the molecule is NCCC[C@@]1(C(=O)OP(=O)(O)O)CCC[C@@H]1S. The molecule has 0 aromatic heterocycles. The summed E-state index contributed by atoms with van der Waals surface area (Å²) in [4.78, 5) is 29.3. The van der Waals surface area contributed by atoms with Crippen LogP contribution in [0.25, 0.3) is 0 Å². The third-order valence-corrected chi connectivity index (χ3v) is 4.33. The van der Waals surface area contributed by atoms with Crippen molar-refractivity contribution >= 4 is 26.4 Å². The van der Waals surface area contributed by atoms with E-state index in [0.717, 1.165) is 12.8 Å². The summed E-state index contributed by atoms with van der Waals surface area (Å²) in [5, 5.41) is -0.229. The molecule has 0 radical (unpaired) electrons. The van der Waals surface area contributed by atoms with Crippen LogP contribution < -0.4 is 5.73 Å². The highest BCUT2D eigenvalue weighted by atomic mass is 32.1. The van der Waals surface area contributed by atoms with Crippen LogP contribution in [0.2, 0.25) is 0 Å². The Labute approximate surface area is 106 Å². The molecule has 0 bridgehead atoms. The van der Waals surface area contributed by atoms with Gasteiger partial charge in [-0.05, 0) is 32.2 Å². The molecule has 1 aliphatic carbocycles. The maximum absolute atomic E-state index is 11.9. The van der Waals surface area contributed by atoms with Gasteiger partial charge in [0.05, 0.1) is 5.41 Å². The molecule has 0 aromatic rings. The molecule has 0 saturated heterocycles. The Bertz CT molecular complexity index is 333. The van der Waals surface area contributed by atoms with Gasteiger partial charge in [-0.15, -0.1) is 0 Å². The quantitative estimate of drug-likeness (QED) is 0.439. The first kappa shape index (κ1) is 15.0. The number of phosphoric ester groups is 1. The van der Waals surface area contributed by atoms with E-state index in [-0.39, 0.29) is 5.25 Å². The summed E-state index contributed by atoms with van der Waals surface area (Å²) in [7, 11) is -4.79. The first-order chi connectivity index (χ1) is 7.82. The minimum atomic E-state index is -4.79. The molecule has 1 rings (SSSR count). The van der Waals surface area contributed by atoms with E-state index in [1.165, 1.54) is 0 Å². The fourth-order valence-corrected chi connectivity index (χ4v) is 3.25. The molecule has 1 aliphatic rings. The zero-order chi connectivity index (χ0) is 13.1. The Morgan fingerprint density at radius 2 is 2.24 bits per heavy atom. The molecule has 8 heteroatoms. The monoisotopic (exact) mass is 283 g/mol. The zero-order valence-electron chi connectivity index (χ0n) is 9.41. The summed E-state index contributed by atoms with van der Waals surface area (Å²) in [5.41, 5.74) is 4.51. The molecule has 0 heterocycles. The number of thiol groups is 1. The molecule has 1 saturated carbocycles. The Kier molecular flexibility index (Phi) is 5.04. The highest BCUT2D eigenvalue weighted by Gasteiger charge is 2.49. The summed E-state index contributed by atoms with van der Waals surface area (Å²) in [5.74, 6) is -0.850. The van der Waals surface area contributed by atoms with E-state index in [1.807, 2.05) is 0 Å². The summed E-state index contributed by atoms with van der Waals surface area (Å²) in [6.45, 7) is 0.422. The average Bonchev–Trinajstić information content (AvgIpc) is 2.55. The molecule has 0 aliphatic heterocycles. The van der Waals surface area contributed by atoms with Gasteiger partial charge in [-0.3, -0.25) is 14.6 Å². The first-order valence-corrected chi connectivity index (χ1v) is 7.54. The van der Waals surface area contributed by atoms with Crippen LogP contribution in [0, 0.1) is 5.41 Å². The largest absolute Gasteiger partial charge is 0.527 e. The maximum Gasteiger partial charge on any atom is 0.527 e. The van der Waals surface area contributed by atoms with Crippen LogP contribution in [-0.2, 0) is 13.9 Å². The Hall–Kier alpha value is -0.0700. The Morgan fingerprint density at radius 3 is 2.65 bits per heavy atom. The number of nitrogens with two attached hydrogens (primary N) is 1. The lowest BCUT2D eigenvalue weighted by Crippen LogP contribution is -2.37. The molecule has 4 N–H and O–H groups in total. The van der Waals surface area contributed by atoms with Crippen molar-refractivity contribution < 1.29 is 23.7 Å². The minimum Gasteiger partial charge on any atom is -0.370 e. The van der Waals surface area contributed by atoms with Crippen LogP contribution >= 0.6 is 20.5 Å². The van der Waals surface area contributed by atoms with Gasteiger partial charge in [0.2, 0.25) is 0 Å². The number of carbonyl (C=O) groups excluding carboxylic acids is 1. The Balaban J connectivity index is 2.83. The molecule has 0 spiro atoms. The number of hydrogen-bond acceptors (Lipinski definition) is 5. The van der Waals surface area contributed by atoms with E-state index in [4.69, 9.17) is 15.5 Å². The lowest BCUT2D eigenvalue weighted by Gasteiger charge is -2.30. The van der Waals surface area contributed by atoms with E-state index in [0.29, 0.717) is 25.8 Å². The molecular weight excluding hydrogens is 265 g/mol. The smallest absolute Gasteiger partial charge is 0.370 e. The third-order valence-electron chi connectivity index (χ3n) is 3.17. The second kappa shape index (κ2) is 5.71. The van der Waals surface area contributed by atoms with E-state index in [9.17, 15) is 9.36 Å². The van der Waals surface area contributed by atoms with Gasteiger partial charge in [0.15, 0.2) is 0 Å². The van der Waals surface area contributed by atoms with E-state index >= 15 is 0 Å². The van der Waals surface area contributed by atoms with E-state index in [2.05, 4.69) is 17.2 Å². The molecule has 17 heavy (non-hydrogen) atoms. The maximum atomic E-state index is 11.9. The van der Waals surface area contributed by atoms with Crippen molar-refractivity contribution in [2.45, 2.75) is 37.4 Å². The van der Waals surface area contributed by atoms with Gasteiger partial charge in [-0.1, -0.05) is 6.42 Å². The molecular formula is C9H18NO5PS. The average molecular weight is 283 g/mol. The number of rotatable bonds is 5. The number of hydrogen-bond donors (Lipinski definition) is 4. The van der Waals surface area contributed by atoms with Crippen LogP contribution in [0.4, 0.5) is 0 Å². The van der Waals surface area contributed by atoms with Gasteiger partial charge in [-0.25, -0.2) is 4.57 Å². The van der Waals surface area contributed by atoms with Crippen LogP contribution in [-0.4, -0.2) is 27.6 Å². The summed E-state index contributed by atoms with van der Waals surface area (Å²) < 4.78 is 15.0. The second-order valence-electron chi connectivity index (χ2n) is 4.33. The van der Waals surface area contributed by atoms with Crippen LogP contribution in [0.3, 0.4) is 0 Å². The van der Waals surface area contributed by atoms with Gasteiger partial charge in [-0.2, -0.15) is 12.6 Å². The molecule has 100 valence electrons. The van der Waals surface area contributed by atoms with Crippen LogP contribution in [0.15, 0.2) is 0 Å². The lowest BCUT2D eigenvalue weighted by molar-refractivity contribution is -0.147. The van der Waals surface area contributed by atoms with Crippen molar-refractivity contribution in [2.75, 3.05) is 6.54 Å². The third kappa shape index (κ3) is 3.69. The van der Waals surface area contributed by atoms with Crippen molar-refractivity contribution in [1.29, 1.82) is 0 Å². The fraction of sp³-hybridized carbons (Fsp3) is 0.889. The summed E-state index contributed by atoms with van der Waals surface area (Å²) in [6, 6.07) is 0. The standard InChI is InChI=1S/C9H18NO5PS/c10-6-2-5-9(4-1-3-7(9)17)8(11)15-16(12,13)14/h7,17H,1-6,10H2,(H2,12,13,14)/t7-,9-/m0/s1. The van der Waals surface area contributed by atoms with Gasteiger partial charge >= 0.3 is 13.8 Å². The van der Waals surface area contributed by atoms with Gasteiger partial charge in [0.1, 0.15) is 0 Å². The van der Waals surface area contributed by atoms with Crippen molar-refractivity contribution in [3.63, 3.8) is 0 Å².